The Morgan fingerprint density at radius 2 is 2.16 bits per heavy atom. The number of para-hydroxylation sites is 1. The second kappa shape index (κ2) is 4.13. The molecule has 19 heavy (non-hydrogen) atoms. The highest BCUT2D eigenvalue weighted by molar-refractivity contribution is 5.85. The number of imidazole rings is 1. The summed E-state index contributed by atoms with van der Waals surface area (Å²) in [4.78, 5) is 18.9. The first-order chi connectivity index (χ1) is 9.19. The van der Waals surface area contributed by atoms with Gasteiger partial charge in [0, 0.05) is 0 Å². The fourth-order valence-corrected chi connectivity index (χ4v) is 1.83. The summed E-state index contributed by atoms with van der Waals surface area (Å²) in [5, 5.41) is 11.8. The first kappa shape index (κ1) is 11.3. The molecule has 2 N–H and O–H groups in total. The van der Waals surface area contributed by atoms with Crippen molar-refractivity contribution in [3.8, 4) is 17.1 Å². The number of carboxylic acids is 1. The Kier molecular flexibility index (Phi) is 2.45. The quantitative estimate of drug-likeness (QED) is 0.741. The van der Waals surface area contributed by atoms with E-state index in [2.05, 4.69) is 15.1 Å². The van der Waals surface area contributed by atoms with Crippen molar-refractivity contribution in [2.24, 2.45) is 0 Å². The topological polar surface area (TPSA) is 92.5 Å². The van der Waals surface area contributed by atoms with Gasteiger partial charge in [0.25, 0.3) is 5.78 Å². The summed E-state index contributed by atoms with van der Waals surface area (Å²) in [6, 6.07) is 7.41. The van der Waals surface area contributed by atoms with Crippen LogP contribution >= 0.6 is 0 Å². The van der Waals surface area contributed by atoms with Crippen LogP contribution in [-0.4, -0.2) is 37.8 Å². The molecule has 0 aliphatic carbocycles. The third-order valence-corrected chi connectivity index (χ3v) is 2.71. The van der Waals surface area contributed by atoms with Crippen LogP contribution in [0.1, 0.15) is 10.5 Å². The Morgan fingerprint density at radius 3 is 2.84 bits per heavy atom. The van der Waals surface area contributed by atoms with Gasteiger partial charge in [-0.1, -0.05) is 12.1 Å². The first-order valence-electron chi connectivity index (χ1n) is 5.51. The number of methoxy groups -OCH3 is 1. The van der Waals surface area contributed by atoms with E-state index >= 15 is 0 Å². The van der Waals surface area contributed by atoms with E-state index in [0.717, 1.165) is 5.56 Å². The maximum absolute atomic E-state index is 10.8. The van der Waals surface area contributed by atoms with E-state index < -0.39 is 5.97 Å². The van der Waals surface area contributed by atoms with E-state index in [1.807, 2.05) is 24.3 Å². The number of ether oxygens (including phenoxy) is 1. The number of H-pyrrole nitrogens is 1. The molecule has 0 amide bonds. The van der Waals surface area contributed by atoms with Gasteiger partial charge in [0.05, 0.1) is 18.9 Å². The highest BCUT2D eigenvalue weighted by Crippen LogP contribution is 2.27. The standard InChI is InChI=1S/C12H10N4O3/c1-19-9-5-3-2-4-7(9)10-14-12-13-8(11(17)18)6-16(12)15-10/h2-6H,1H3,(H,17,18)(H,13,14,15). The zero-order valence-corrected chi connectivity index (χ0v) is 9.99. The van der Waals surface area contributed by atoms with Gasteiger partial charge in [-0.2, -0.15) is 4.98 Å². The Balaban J connectivity index is 2.11. The van der Waals surface area contributed by atoms with Gasteiger partial charge in [-0.3, -0.25) is 5.10 Å². The molecule has 0 bridgehead atoms. The zero-order chi connectivity index (χ0) is 13.4. The smallest absolute Gasteiger partial charge is 0.356 e. The summed E-state index contributed by atoms with van der Waals surface area (Å²) in [7, 11) is 1.58. The van der Waals surface area contributed by atoms with Crippen molar-refractivity contribution in [3.05, 3.63) is 36.2 Å². The molecular formula is C12H10N4O3. The fraction of sp³-hybridized carbons (Fsp3) is 0.0833. The molecule has 0 saturated carbocycles. The van der Waals surface area contributed by atoms with E-state index in [1.54, 1.807) is 7.11 Å². The highest BCUT2D eigenvalue weighted by atomic mass is 16.5. The number of carboxylic acid groups (broad SMARTS) is 1. The van der Waals surface area contributed by atoms with E-state index in [9.17, 15) is 4.79 Å². The molecule has 0 aliphatic rings. The fourth-order valence-electron chi connectivity index (χ4n) is 1.83. The van der Waals surface area contributed by atoms with Crippen molar-refractivity contribution in [1.82, 2.24) is 19.6 Å². The van der Waals surface area contributed by atoms with E-state index in [4.69, 9.17) is 9.84 Å². The van der Waals surface area contributed by atoms with E-state index in [1.165, 1.54) is 10.7 Å². The third kappa shape index (κ3) is 1.81. The van der Waals surface area contributed by atoms with Crippen LogP contribution in [0.2, 0.25) is 0 Å². The summed E-state index contributed by atoms with van der Waals surface area (Å²) in [5.74, 6) is 0.464. The van der Waals surface area contributed by atoms with Gasteiger partial charge in [-0.15, -0.1) is 0 Å². The minimum atomic E-state index is -1.09. The lowest BCUT2D eigenvalue weighted by molar-refractivity contribution is 0.0691. The number of nitrogens with one attached hydrogen (secondary N) is 1. The largest absolute Gasteiger partial charge is 0.496 e. The van der Waals surface area contributed by atoms with E-state index in [-0.39, 0.29) is 5.69 Å². The average molecular weight is 258 g/mol. The van der Waals surface area contributed by atoms with Gasteiger partial charge in [0.15, 0.2) is 11.5 Å². The summed E-state index contributed by atoms with van der Waals surface area (Å²) in [6.45, 7) is 0. The van der Waals surface area contributed by atoms with Crippen LogP contribution in [0.4, 0.5) is 0 Å². The Morgan fingerprint density at radius 1 is 1.37 bits per heavy atom. The van der Waals surface area contributed by atoms with Crippen LogP contribution in [0, 0.1) is 0 Å². The van der Waals surface area contributed by atoms with Crippen LogP contribution < -0.4 is 4.74 Å². The molecule has 0 fully saturated rings. The lowest BCUT2D eigenvalue weighted by atomic mass is 10.2. The van der Waals surface area contributed by atoms with Crippen molar-refractivity contribution < 1.29 is 14.6 Å². The van der Waals surface area contributed by atoms with E-state index in [0.29, 0.717) is 17.4 Å². The minimum Gasteiger partial charge on any atom is -0.496 e. The molecule has 2 aromatic heterocycles. The van der Waals surface area contributed by atoms with Crippen LogP contribution in [0.15, 0.2) is 30.5 Å². The Labute approximate surface area is 107 Å². The Hall–Kier alpha value is -2.83. The molecule has 0 atom stereocenters. The molecule has 0 saturated heterocycles. The molecule has 0 radical (unpaired) electrons. The molecule has 7 nitrogen and oxygen atoms in total. The van der Waals surface area contributed by atoms with Gasteiger partial charge < -0.3 is 9.84 Å². The molecule has 0 unspecified atom stereocenters. The second-order valence-corrected chi connectivity index (χ2v) is 3.87. The predicted octanol–water partition coefficient (Wildman–Crippen LogP) is 1.43. The summed E-state index contributed by atoms with van der Waals surface area (Å²) in [6.07, 6.45) is 1.38. The van der Waals surface area contributed by atoms with Crippen LogP contribution in [0.25, 0.3) is 17.2 Å². The lowest BCUT2D eigenvalue weighted by Crippen LogP contribution is -1.96. The highest BCUT2D eigenvalue weighted by Gasteiger charge is 2.14. The summed E-state index contributed by atoms with van der Waals surface area (Å²) < 4.78 is 6.71. The summed E-state index contributed by atoms with van der Waals surface area (Å²) in [5.41, 5.74) is 0.734. The number of nitrogens with zero attached hydrogens (tertiary/aromatic N) is 3. The minimum absolute atomic E-state index is 0.0506. The van der Waals surface area contributed by atoms with Gasteiger partial charge in [-0.05, 0) is 12.1 Å². The van der Waals surface area contributed by atoms with Gasteiger partial charge in [0.2, 0.25) is 0 Å². The van der Waals surface area contributed by atoms with Crippen LogP contribution in [0.5, 0.6) is 5.75 Å². The normalized spacial score (nSPS) is 10.8. The van der Waals surface area contributed by atoms with Crippen molar-refractivity contribution in [3.63, 3.8) is 0 Å². The number of aromatic nitrogens is 4. The number of fused-ring (bicyclic) bond motifs is 1. The number of aromatic carboxylic acids is 1. The molecular weight excluding hydrogens is 248 g/mol. The monoisotopic (exact) mass is 258 g/mol. The van der Waals surface area contributed by atoms with Crippen molar-refractivity contribution >= 4 is 11.7 Å². The number of hydrogen-bond donors (Lipinski definition) is 2. The third-order valence-electron chi connectivity index (χ3n) is 2.71. The molecule has 96 valence electrons. The SMILES string of the molecule is COc1ccccc1-c1nc2nc(C(=O)O)cn2[nH]1. The van der Waals surface area contributed by atoms with Crippen molar-refractivity contribution in [1.29, 1.82) is 0 Å². The molecule has 3 aromatic rings. The van der Waals surface area contributed by atoms with Crippen molar-refractivity contribution in [2.45, 2.75) is 0 Å². The maximum atomic E-state index is 10.8. The number of rotatable bonds is 3. The van der Waals surface area contributed by atoms with Crippen LogP contribution in [-0.2, 0) is 0 Å². The molecule has 1 aromatic carbocycles. The molecule has 3 rings (SSSR count). The average Bonchev–Trinajstić information content (AvgIpc) is 2.96. The second-order valence-electron chi connectivity index (χ2n) is 3.87. The number of carbonyl (C=O) groups is 1. The number of hydrogen-bond acceptors (Lipinski definition) is 4. The van der Waals surface area contributed by atoms with Gasteiger partial charge in [0.1, 0.15) is 5.75 Å². The molecule has 0 aliphatic heterocycles. The van der Waals surface area contributed by atoms with Gasteiger partial charge in [-0.25, -0.2) is 14.3 Å². The molecule has 0 spiro atoms. The first-order valence-corrected chi connectivity index (χ1v) is 5.51. The Bertz CT molecular complexity index is 728. The number of aromatic amines is 1. The predicted molar refractivity (Wildman–Crippen MR) is 66.3 cm³/mol. The maximum Gasteiger partial charge on any atom is 0.356 e. The van der Waals surface area contributed by atoms with Crippen LogP contribution in [0.3, 0.4) is 0 Å². The van der Waals surface area contributed by atoms with Gasteiger partial charge >= 0.3 is 5.97 Å². The molecule has 2 heterocycles. The number of benzene rings is 1. The zero-order valence-electron chi connectivity index (χ0n) is 9.99. The lowest BCUT2D eigenvalue weighted by Gasteiger charge is -2.04. The summed E-state index contributed by atoms with van der Waals surface area (Å²) >= 11 is 0. The molecule has 7 heteroatoms. The van der Waals surface area contributed by atoms with Crippen molar-refractivity contribution in [2.75, 3.05) is 7.11 Å².